The largest absolute Gasteiger partial charge is 0.465 e. The van der Waals surface area contributed by atoms with E-state index >= 15 is 0 Å². The van der Waals surface area contributed by atoms with E-state index in [1.807, 2.05) is 36.4 Å². The topological polar surface area (TPSA) is 98.3 Å². The average Bonchev–Trinajstić information content (AvgIpc) is 3.01. The first-order chi connectivity index (χ1) is 12.1. The number of benzene rings is 1. The van der Waals surface area contributed by atoms with Crippen LogP contribution in [0.3, 0.4) is 0 Å². The Labute approximate surface area is 143 Å². The Balaban J connectivity index is 1.54. The highest BCUT2D eigenvalue weighted by Gasteiger charge is 2.32. The van der Waals surface area contributed by atoms with Crippen molar-refractivity contribution in [3.8, 4) is 11.1 Å². The third-order valence-electron chi connectivity index (χ3n) is 4.34. The van der Waals surface area contributed by atoms with Crippen LogP contribution in [-0.4, -0.2) is 51.1 Å². The molecule has 1 fully saturated rings. The third kappa shape index (κ3) is 2.91. The Kier molecular flexibility index (Phi) is 3.61. The molecule has 1 aromatic carbocycles. The summed E-state index contributed by atoms with van der Waals surface area (Å²) >= 11 is 0. The zero-order chi connectivity index (χ0) is 17.4. The molecule has 1 aliphatic rings. The molecular weight excluding hydrogens is 320 g/mol. The lowest BCUT2D eigenvalue weighted by atomic mass is 10.1. The van der Waals surface area contributed by atoms with Crippen LogP contribution in [0.25, 0.3) is 22.0 Å². The smallest absolute Gasteiger partial charge is 0.405 e. The monoisotopic (exact) mass is 336 g/mol. The van der Waals surface area contributed by atoms with Crippen molar-refractivity contribution in [2.75, 3.05) is 13.1 Å². The number of carbonyl (C=O) groups excluding carboxylic acids is 1. The van der Waals surface area contributed by atoms with Crippen LogP contribution in [-0.2, 0) is 0 Å². The first-order valence-electron chi connectivity index (χ1n) is 7.92. The summed E-state index contributed by atoms with van der Waals surface area (Å²) in [7, 11) is 0. The molecule has 0 saturated carbocycles. The second-order valence-electron chi connectivity index (χ2n) is 6.08. The van der Waals surface area contributed by atoms with E-state index < -0.39 is 6.09 Å². The number of fused-ring (bicyclic) bond motifs is 1. The highest BCUT2D eigenvalue weighted by Crippen LogP contribution is 2.25. The third-order valence-corrected chi connectivity index (χ3v) is 4.34. The number of amides is 2. The summed E-state index contributed by atoms with van der Waals surface area (Å²) in [6.45, 7) is 0.781. The minimum absolute atomic E-state index is 0.123. The molecular formula is C18H16N4O3. The highest BCUT2D eigenvalue weighted by atomic mass is 16.4. The molecule has 1 saturated heterocycles. The molecule has 0 atom stereocenters. The molecule has 2 amide bonds. The van der Waals surface area contributed by atoms with Gasteiger partial charge < -0.3 is 20.3 Å². The molecule has 0 radical (unpaired) electrons. The summed E-state index contributed by atoms with van der Waals surface area (Å²) in [4.78, 5) is 32.0. The maximum absolute atomic E-state index is 12.5. The Morgan fingerprint density at radius 2 is 2.04 bits per heavy atom. The van der Waals surface area contributed by atoms with E-state index in [4.69, 9.17) is 5.11 Å². The maximum Gasteiger partial charge on any atom is 0.405 e. The predicted molar refractivity (Wildman–Crippen MR) is 92.4 cm³/mol. The van der Waals surface area contributed by atoms with Gasteiger partial charge in [0, 0.05) is 41.9 Å². The van der Waals surface area contributed by atoms with E-state index in [1.165, 1.54) is 0 Å². The fraction of sp³-hybridized carbons (Fsp3) is 0.167. The Morgan fingerprint density at radius 3 is 2.76 bits per heavy atom. The molecule has 7 nitrogen and oxygen atoms in total. The van der Waals surface area contributed by atoms with E-state index in [-0.39, 0.29) is 11.9 Å². The fourth-order valence-electron chi connectivity index (χ4n) is 3.04. The van der Waals surface area contributed by atoms with Crippen LogP contribution in [0.1, 0.15) is 10.5 Å². The first kappa shape index (κ1) is 15.2. The standard InChI is InChI=1S/C18H16N4O3/c23-17(22-9-14(10-22)20-18(24)25)16-7-13-6-11(3-4-15(13)21-16)12-2-1-5-19-8-12/h1-8,14,20-21H,9-10H2,(H,24,25). The molecule has 2 aromatic heterocycles. The molecule has 0 aliphatic carbocycles. The van der Waals surface area contributed by atoms with Gasteiger partial charge in [0.25, 0.3) is 5.91 Å². The number of aromatic nitrogens is 2. The van der Waals surface area contributed by atoms with Gasteiger partial charge in [-0.2, -0.15) is 0 Å². The van der Waals surface area contributed by atoms with Crippen LogP contribution < -0.4 is 5.32 Å². The number of carboxylic acid groups (broad SMARTS) is 1. The minimum Gasteiger partial charge on any atom is -0.465 e. The number of nitrogens with one attached hydrogen (secondary N) is 2. The van der Waals surface area contributed by atoms with Crippen molar-refractivity contribution in [2.24, 2.45) is 0 Å². The summed E-state index contributed by atoms with van der Waals surface area (Å²) in [5.41, 5.74) is 3.45. The lowest BCUT2D eigenvalue weighted by Gasteiger charge is -2.38. The normalized spacial score (nSPS) is 14.3. The van der Waals surface area contributed by atoms with Crippen molar-refractivity contribution in [3.63, 3.8) is 0 Å². The van der Waals surface area contributed by atoms with Gasteiger partial charge >= 0.3 is 6.09 Å². The van der Waals surface area contributed by atoms with Crippen LogP contribution >= 0.6 is 0 Å². The molecule has 0 bridgehead atoms. The van der Waals surface area contributed by atoms with E-state index in [2.05, 4.69) is 15.3 Å². The summed E-state index contributed by atoms with van der Waals surface area (Å²) in [5, 5.41) is 12.0. The fourth-order valence-corrected chi connectivity index (χ4v) is 3.04. The maximum atomic E-state index is 12.5. The number of hydrogen-bond acceptors (Lipinski definition) is 3. The molecule has 0 unspecified atom stereocenters. The van der Waals surface area contributed by atoms with Crippen LogP contribution in [0.5, 0.6) is 0 Å². The van der Waals surface area contributed by atoms with Gasteiger partial charge in [-0.1, -0.05) is 12.1 Å². The van der Waals surface area contributed by atoms with Crippen LogP contribution in [0.15, 0.2) is 48.8 Å². The lowest BCUT2D eigenvalue weighted by molar-refractivity contribution is 0.0559. The number of nitrogens with zero attached hydrogens (tertiary/aromatic N) is 2. The Bertz CT molecular complexity index is 945. The summed E-state index contributed by atoms with van der Waals surface area (Å²) in [5.74, 6) is -0.123. The second-order valence-corrected chi connectivity index (χ2v) is 6.08. The van der Waals surface area contributed by atoms with E-state index in [1.54, 1.807) is 17.3 Å². The number of likely N-dealkylation sites (tertiary alicyclic amines) is 1. The number of carbonyl (C=O) groups is 2. The number of rotatable bonds is 3. The number of hydrogen-bond donors (Lipinski definition) is 3. The van der Waals surface area contributed by atoms with Crippen molar-refractivity contribution in [1.82, 2.24) is 20.2 Å². The summed E-state index contributed by atoms with van der Waals surface area (Å²) in [6.07, 6.45) is 2.47. The Morgan fingerprint density at radius 1 is 1.20 bits per heavy atom. The SMILES string of the molecule is O=C(O)NC1CN(C(=O)c2cc3cc(-c4cccnc4)ccc3[nH]2)C1. The minimum atomic E-state index is -1.06. The lowest BCUT2D eigenvalue weighted by Crippen LogP contribution is -2.60. The zero-order valence-electron chi connectivity index (χ0n) is 13.3. The van der Waals surface area contributed by atoms with Crippen molar-refractivity contribution in [1.29, 1.82) is 0 Å². The summed E-state index contributed by atoms with van der Waals surface area (Å²) < 4.78 is 0. The van der Waals surface area contributed by atoms with E-state index in [0.717, 1.165) is 22.0 Å². The molecule has 3 heterocycles. The van der Waals surface area contributed by atoms with E-state index in [0.29, 0.717) is 18.8 Å². The zero-order valence-corrected chi connectivity index (χ0v) is 13.3. The van der Waals surface area contributed by atoms with Gasteiger partial charge in [0.15, 0.2) is 0 Å². The predicted octanol–water partition coefficient (Wildman–Crippen LogP) is 2.32. The molecule has 1 aliphatic heterocycles. The van der Waals surface area contributed by atoms with E-state index in [9.17, 15) is 9.59 Å². The van der Waals surface area contributed by atoms with Gasteiger partial charge in [-0.15, -0.1) is 0 Å². The second kappa shape index (κ2) is 5.94. The summed E-state index contributed by atoms with van der Waals surface area (Å²) in [6, 6.07) is 11.5. The van der Waals surface area contributed by atoms with Gasteiger partial charge in [0.05, 0.1) is 6.04 Å². The van der Waals surface area contributed by atoms with Crippen molar-refractivity contribution < 1.29 is 14.7 Å². The van der Waals surface area contributed by atoms with Gasteiger partial charge in [0.1, 0.15) is 5.69 Å². The van der Waals surface area contributed by atoms with Gasteiger partial charge in [-0.25, -0.2) is 4.79 Å². The molecule has 7 heteroatoms. The molecule has 0 spiro atoms. The van der Waals surface area contributed by atoms with Crippen molar-refractivity contribution >= 4 is 22.9 Å². The van der Waals surface area contributed by atoms with Crippen molar-refractivity contribution in [3.05, 3.63) is 54.5 Å². The number of aromatic amines is 1. The molecule has 4 rings (SSSR count). The number of H-pyrrole nitrogens is 1. The number of pyridine rings is 1. The van der Waals surface area contributed by atoms with Crippen LogP contribution in [0, 0.1) is 0 Å². The van der Waals surface area contributed by atoms with Gasteiger partial charge in [-0.05, 0) is 29.8 Å². The van der Waals surface area contributed by atoms with Gasteiger partial charge in [0.2, 0.25) is 0 Å². The molecule has 25 heavy (non-hydrogen) atoms. The Hall–Kier alpha value is -3.35. The first-order valence-corrected chi connectivity index (χ1v) is 7.92. The average molecular weight is 336 g/mol. The molecule has 3 N–H and O–H groups in total. The molecule has 3 aromatic rings. The van der Waals surface area contributed by atoms with Gasteiger partial charge in [-0.3, -0.25) is 9.78 Å². The highest BCUT2D eigenvalue weighted by molar-refractivity contribution is 5.99. The van der Waals surface area contributed by atoms with Crippen molar-refractivity contribution in [2.45, 2.75) is 6.04 Å². The quantitative estimate of drug-likeness (QED) is 0.683. The molecule has 126 valence electrons. The van der Waals surface area contributed by atoms with Crippen LogP contribution in [0.4, 0.5) is 4.79 Å². The van der Waals surface area contributed by atoms with Crippen LogP contribution in [0.2, 0.25) is 0 Å².